The van der Waals surface area contributed by atoms with Gasteiger partial charge in [0.2, 0.25) is 0 Å². The summed E-state index contributed by atoms with van der Waals surface area (Å²) in [7, 11) is 4.50. The van der Waals surface area contributed by atoms with Crippen LogP contribution in [0.1, 0.15) is 60.1 Å². The normalized spacial score (nSPS) is 48.0. The summed E-state index contributed by atoms with van der Waals surface area (Å²) in [6.07, 6.45) is 14.1. The molecule has 8 aliphatic heterocycles. The molecule has 4 saturated heterocycles. The third kappa shape index (κ3) is 2.93. The Labute approximate surface area is 304 Å². The Hall–Kier alpha value is -2.88. The van der Waals surface area contributed by atoms with Gasteiger partial charge in [-0.15, -0.1) is 23.5 Å². The van der Waals surface area contributed by atoms with Crippen LogP contribution in [-0.4, -0.2) is 81.3 Å². The highest BCUT2D eigenvalue weighted by Gasteiger charge is 2.80. The number of thioether (sulfide) groups is 2. The highest BCUT2D eigenvalue weighted by Crippen LogP contribution is 2.76. The molecule has 14 rings (SSSR count). The number of likely N-dealkylation sites (tertiary alicyclic amines) is 2. The molecule has 2 aromatic carbocycles. The van der Waals surface area contributed by atoms with Crippen molar-refractivity contribution in [1.29, 1.82) is 10.5 Å². The predicted molar refractivity (Wildman–Crippen MR) is 198 cm³/mol. The minimum atomic E-state index is -0.221. The molecular formula is C42H44N4O2S2. The van der Waals surface area contributed by atoms with E-state index in [4.69, 9.17) is 9.47 Å². The Balaban J connectivity index is 0.000000120. The van der Waals surface area contributed by atoms with E-state index in [0.29, 0.717) is 12.1 Å². The molecule has 12 atom stereocenters. The number of rotatable bonds is 0. The van der Waals surface area contributed by atoms with Crippen molar-refractivity contribution in [2.24, 2.45) is 10.8 Å². The van der Waals surface area contributed by atoms with Crippen LogP contribution in [0.5, 0.6) is 11.5 Å². The molecule has 50 heavy (non-hydrogen) atoms. The van der Waals surface area contributed by atoms with Crippen LogP contribution in [0.4, 0.5) is 0 Å². The lowest BCUT2D eigenvalue weighted by Crippen LogP contribution is -2.78. The largest absolute Gasteiger partial charge is 0.488 e. The lowest BCUT2D eigenvalue weighted by Gasteiger charge is -2.70. The first-order chi connectivity index (χ1) is 24.0. The van der Waals surface area contributed by atoms with Crippen LogP contribution in [0.3, 0.4) is 0 Å². The van der Waals surface area contributed by atoms with Gasteiger partial charge in [-0.3, -0.25) is 0 Å². The highest BCUT2D eigenvalue weighted by atomic mass is 32.2. The quantitative estimate of drug-likeness (QED) is 0.292. The zero-order valence-electron chi connectivity index (χ0n) is 29.7. The number of ether oxygens (including phenoxy) is 2. The Bertz CT molecular complexity index is 2100. The van der Waals surface area contributed by atoms with Crippen LogP contribution in [0.25, 0.3) is 0 Å². The van der Waals surface area contributed by atoms with Crippen LogP contribution in [-0.2, 0) is 23.7 Å². The minimum Gasteiger partial charge on any atom is -0.488 e. The first-order valence-corrected chi connectivity index (χ1v) is 20.3. The van der Waals surface area contributed by atoms with Gasteiger partial charge >= 0.3 is 0 Å². The van der Waals surface area contributed by atoms with Gasteiger partial charge in [-0.2, -0.15) is 10.5 Å². The van der Waals surface area contributed by atoms with Crippen molar-refractivity contribution < 1.29 is 9.47 Å². The average molecular weight is 701 g/mol. The van der Waals surface area contributed by atoms with Gasteiger partial charge in [0.25, 0.3) is 0 Å². The number of hydrogen-bond acceptors (Lipinski definition) is 8. The molecular weight excluding hydrogens is 657 g/mol. The van der Waals surface area contributed by atoms with Crippen LogP contribution >= 0.6 is 23.5 Å². The average Bonchev–Trinajstić information content (AvgIpc) is 3.68. The van der Waals surface area contributed by atoms with Crippen molar-refractivity contribution in [3.63, 3.8) is 0 Å². The Morgan fingerprint density at radius 1 is 0.720 bits per heavy atom. The van der Waals surface area contributed by atoms with Crippen LogP contribution < -0.4 is 9.47 Å². The smallest absolute Gasteiger partial charge is 0.127 e. The fourth-order valence-corrected chi connectivity index (χ4v) is 17.2. The minimum absolute atomic E-state index is 0.00490. The van der Waals surface area contributed by atoms with Gasteiger partial charge in [0.15, 0.2) is 0 Å². The Morgan fingerprint density at radius 2 is 1.32 bits per heavy atom. The van der Waals surface area contributed by atoms with Crippen molar-refractivity contribution in [3.05, 3.63) is 82.0 Å². The maximum absolute atomic E-state index is 10.1. The van der Waals surface area contributed by atoms with Gasteiger partial charge in [-0.1, -0.05) is 55.5 Å². The zero-order chi connectivity index (χ0) is 34.4. The zero-order valence-corrected chi connectivity index (χ0v) is 31.4. The summed E-state index contributed by atoms with van der Waals surface area (Å²) in [5.74, 6) is 2.26. The first kappa shape index (κ1) is 30.7. The van der Waals surface area contributed by atoms with Gasteiger partial charge in [0.05, 0.1) is 32.5 Å². The topological polar surface area (TPSA) is 72.5 Å². The maximum atomic E-state index is 10.1. The highest BCUT2D eigenvalue weighted by molar-refractivity contribution is 8.02. The number of aryl methyl sites for hydroxylation is 2. The molecule has 0 radical (unpaired) electrons. The van der Waals surface area contributed by atoms with Crippen molar-refractivity contribution in [3.8, 4) is 23.6 Å². The molecule has 4 spiro atoms. The molecule has 2 unspecified atom stereocenters. The predicted octanol–water partition coefficient (Wildman–Crippen LogP) is 6.42. The second-order valence-electron chi connectivity index (χ2n) is 17.5. The summed E-state index contributed by atoms with van der Waals surface area (Å²) < 4.78 is 13.4. The molecule has 2 aromatic rings. The van der Waals surface area contributed by atoms with Gasteiger partial charge in [0, 0.05) is 34.0 Å². The van der Waals surface area contributed by atoms with E-state index in [1.165, 1.54) is 33.4 Å². The van der Waals surface area contributed by atoms with E-state index in [2.05, 4.69) is 112 Å². The van der Waals surface area contributed by atoms with E-state index >= 15 is 0 Å². The number of nitriles is 2. The van der Waals surface area contributed by atoms with Crippen molar-refractivity contribution in [2.75, 3.05) is 27.2 Å². The van der Waals surface area contributed by atoms with E-state index in [1.807, 2.05) is 23.5 Å². The number of piperidine rings is 2. The molecule has 8 bridgehead atoms. The molecule has 0 saturated carbocycles. The molecule has 12 aliphatic rings. The molecule has 0 amide bonds. The molecule has 0 aromatic heterocycles. The fourth-order valence-electron chi connectivity index (χ4n) is 13.5. The third-order valence-electron chi connectivity index (χ3n) is 15.6. The number of fused-ring (bicyclic) bond motifs is 2. The van der Waals surface area contributed by atoms with Crippen LogP contribution in [0.2, 0.25) is 0 Å². The Kier molecular flexibility index (Phi) is 5.64. The van der Waals surface area contributed by atoms with E-state index in [-0.39, 0.29) is 53.9 Å². The second-order valence-corrected chi connectivity index (χ2v) is 20.5. The first-order valence-electron chi connectivity index (χ1n) is 18.5. The third-order valence-corrected chi connectivity index (χ3v) is 19.2. The summed E-state index contributed by atoms with van der Waals surface area (Å²) in [6.45, 7) is 11.1. The number of likely N-dealkylation sites (N-methyl/N-ethyl adjacent to an activating group) is 2. The molecule has 6 nitrogen and oxygen atoms in total. The Morgan fingerprint density at radius 3 is 2.00 bits per heavy atom. The van der Waals surface area contributed by atoms with E-state index in [9.17, 15) is 10.5 Å². The number of benzene rings is 2. The molecule has 8 heteroatoms. The molecule has 256 valence electrons. The van der Waals surface area contributed by atoms with Gasteiger partial charge < -0.3 is 19.3 Å². The summed E-state index contributed by atoms with van der Waals surface area (Å²) in [5, 5.41) is 20.0. The van der Waals surface area contributed by atoms with Crippen molar-refractivity contribution in [1.82, 2.24) is 9.80 Å². The van der Waals surface area contributed by atoms with Crippen LogP contribution in [0.15, 0.2) is 48.6 Å². The van der Waals surface area contributed by atoms with Gasteiger partial charge in [-0.05, 0) is 95.9 Å². The van der Waals surface area contributed by atoms with Crippen LogP contribution in [0, 0.1) is 47.3 Å². The van der Waals surface area contributed by atoms with Crippen molar-refractivity contribution in [2.45, 2.75) is 108 Å². The second kappa shape index (κ2) is 9.18. The molecule has 0 N–H and O–H groups in total. The van der Waals surface area contributed by atoms with Gasteiger partial charge in [-0.25, -0.2) is 0 Å². The fraction of sp³-hybridized carbons (Fsp3) is 0.571. The van der Waals surface area contributed by atoms with Crippen molar-refractivity contribution >= 4 is 23.5 Å². The van der Waals surface area contributed by atoms with Gasteiger partial charge in [0.1, 0.15) is 34.2 Å². The maximum Gasteiger partial charge on any atom is 0.127 e. The summed E-state index contributed by atoms with van der Waals surface area (Å²) >= 11 is 3.78. The van der Waals surface area contributed by atoms with E-state index in [0.717, 1.165) is 50.3 Å². The summed E-state index contributed by atoms with van der Waals surface area (Å²) in [5.41, 5.74) is 8.01. The lowest BCUT2D eigenvalue weighted by molar-refractivity contribution is -0.0760. The van der Waals surface area contributed by atoms with E-state index < -0.39 is 0 Å². The summed E-state index contributed by atoms with van der Waals surface area (Å²) in [6, 6.07) is 15.3. The van der Waals surface area contributed by atoms with E-state index in [1.54, 1.807) is 0 Å². The number of hydrogen-bond donors (Lipinski definition) is 0. The number of nitrogens with zero attached hydrogens (tertiary/aromatic N) is 4. The summed E-state index contributed by atoms with van der Waals surface area (Å²) in [4.78, 5) is 5.04. The molecule has 4 fully saturated rings. The molecule has 4 aliphatic carbocycles. The monoisotopic (exact) mass is 700 g/mol. The SMILES string of the molecule is Cc1ccc2c3c1O[C@H]1[C@@]4(C)C=C[C@@]5(C(C#N)S4)[C@@H](C2)N(C)CC[C@]315.Cc1ccc2c3c1O[C@H]1[C@@]4(C)C=C[C@@]5(SC4C#N)[C@@H](C2)N(C)CC[C@]315. The standard InChI is InChI=1S/2C21H22N2OS/c1-12-4-5-13-10-14-20-7-6-19(2,25-15(20)11-22)18-21(20,8-9-23(14)3)16(13)17(12)24-18;1-12-4-5-13-10-14-21-7-6-19(2,15(11-22)25-21)18-20(21,8-9-23(14)3)16(13)17(12)24-18/h2*4-7,14-15,18H,8-10H2,1-3H3/t14-,15?,18+,19-,20+,21+;14-,15?,18+,19+,20+,21-/m11/s1. The molecule has 8 heterocycles. The lowest BCUT2D eigenvalue weighted by atomic mass is 9.43.